The summed E-state index contributed by atoms with van der Waals surface area (Å²) in [5, 5.41) is 3.17. The molecule has 0 saturated carbocycles. The molecular formula is C20H20N2O4S. The van der Waals surface area contributed by atoms with Crippen LogP contribution in [0.1, 0.15) is 29.8 Å². The fourth-order valence-electron chi connectivity index (χ4n) is 2.49. The smallest absolute Gasteiger partial charge is 0.339 e. The summed E-state index contributed by atoms with van der Waals surface area (Å²) in [6, 6.07) is 14.7. The van der Waals surface area contributed by atoms with Gasteiger partial charge < -0.3 is 14.5 Å². The Morgan fingerprint density at radius 2 is 1.93 bits per heavy atom. The molecule has 3 rings (SSSR count). The summed E-state index contributed by atoms with van der Waals surface area (Å²) in [6.45, 7) is 3.85. The molecule has 0 bridgehead atoms. The molecule has 1 N–H and O–H groups in total. The third-order valence-electron chi connectivity index (χ3n) is 3.87. The highest BCUT2D eigenvalue weighted by Crippen LogP contribution is 2.27. The fraction of sp³-hybridized carbons (Fsp3) is 0.250. The number of para-hydroxylation sites is 2. The van der Waals surface area contributed by atoms with Gasteiger partial charge in [-0.2, -0.15) is 0 Å². The Kier molecular flexibility index (Phi) is 6.13. The molecule has 0 aliphatic rings. The van der Waals surface area contributed by atoms with Crippen molar-refractivity contribution in [1.82, 2.24) is 10.3 Å². The Morgan fingerprint density at radius 3 is 2.70 bits per heavy atom. The highest BCUT2D eigenvalue weighted by atomic mass is 32.2. The van der Waals surface area contributed by atoms with Crippen LogP contribution in [-0.4, -0.2) is 29.5 Å². The number of nitrogens with one attached hydrogen (secondary N) is 1. The number of likely N-dealkylation sites (N-methyl/N-ethyl adjacent to an activating group) is 1. The minimum absolute atomic E-state index is 0.316. The van der Waals surface area contributed by atoms with E-state index in [1.54, 1.807) is 19.1 Å². The van der Waals surface area contributed by atoms with E-state index in [2.05, 4.69) is 10.3 Å². The number of thioether (sulfide) groups is 1. The number of aromatic nitrogens is 1. The van der Waals surface area contributed by atoms with Gasteiger partial charge in [-0.25, -0.2) is 9.78 Å². The highest BCUT2D eigenvalue weighted by Gasteiger charge is 2.20. The molecule has 1 atom stereocenters. The number of amides is 1. The molecule has 6 nitrogen and oxygen atoms in total. The molecule has 0 fully saturated rings. The molecule has 3 aromatic rings. The molecule has 7 heteroatoms. The van der Waals surface area contributed by atoms with E-state index in [1.807, 2.05) is 43.3 Å². The lowest BCUT2D eigenvalue weighted by Gasteiger charge is -2.14. The first kappa shape index (κ1) is 19.0. The predicted octanol–water partition coefficient (Wildman–Crippen LogP) is 3.80. The molecular weight excluding hydrogens is 364 g/mol. The summed E-state index contributed by atoms with van der Waals surface area (Å²) in [5.74, 6) is -0.347. The second kappa shape index (κ2) is 8.73. The van der Waals surface area contributed by atoms with Crippen molar-refractivity contribution in [2.24, 2.45) is 0 Å². The van der Waals surface area contributed by atoms with E-state index >= 15 is 0 Å². The molecule has 1 aromatic heterocycles. The SMILES string of the molecule is CCNC(=O)[C@H](C)OC(=O)c1ccccc1CSc1nc2ccccc2o1. The first-order chi connectivity index (χ1) is 13.1. The van der Waals surface area contributed by atoms with Crippen molar-refractivity contribution >= 4 is 34.7 Å². The van der Waals surface area contributed by atoms with Crippen molar-refractivity contribution in [3.63, 3.8) is 0 Å². The molecule has 140 valence electrons. The number of hydrogen-bond acceptors (Lipinski definition) is 6. The Bertz CT molecular complexity index is 921. The number of benzene rings is 2. The van der Waals surface area contributed by atoms with Crippen molar-refractivity contribution in [3.8, 4) is 0 Å². The molecule has 1 heterocycles. The Hall–Kier alpha value is -2.80. The van der Waals surface area contributed by atoms with E-state index in [4.69, 9.17) is 9.15 Å². The summed E-state index contributed by atoms with van der Waals surface area (Å²) in [7, 11) is 0. The molecule has 1 amide bonds. The molecule has 0 unspecified atom stereocenters. The zero-order valence-corrected chi connectivity index (χ0v) is 15.9. The summed E-state index contributed by atoms with van der Waals surface area (Å²) in [6.07, 6.45) is -0.852. The number of oxazole rings is 1. The maximum Gasteiger partial charge on any atom is 0.339 e. The minimum Gasteiger partial charge on any atom is -0.449 e. The lowest BCUT2D eigenvalue weighted by molar-refractivity contribution is -0.128. The zero-order chi connectivity index (χ0) is 19.2. The van der Waals surface area contributed by atoms with E-state index < -0.39 is 12.1 Å². The summed E-state index contributed by atoms with van der Waals surface area (Å²) < 4.78 is 11.0. The van der Waals surface area contributed by atoms with Gasteiger partial charge in [-0.05, 0) is 37.6 Å². The standard InChI is InChI=1S/C20H20N2O4S/c1-3-21-18(23)13(2)25-19(24)15-9-5-4-8-14(15)12-27-20-22-16-10-6-7-11-17(16)26-20/h4-11,13H,3,12H2,1-2H3,(H,21,23)/t13-/m0/s1. The lowest BCUT2D eigenvalue weighted by Crippen LogP contribution is -2.35. The molecule has 0 spiro atoms. The maximum atomic E-state index is 12.5. The van der Waals surface area contributed by atoms with Gasteiger partial charge in [-0.3, -0.25) is 4.79 Å². The predicted molar refractivity (Wildman–Crippen MR) is 104 cm³/mol. The van der Waals surface area contributed by atoms with E-state index in [9.17, 15) is 9.59 Å². The molecule has 0 radical (unpaired) electrons. The maximum absolute atomic E-state index is 12.5. The molecule has 0 saturated heterocycles. The normalized spacial score (nSPS) is 11.9. The van der Waals surface area contributed by atoms with Gasteiger partial charge in [0.25, 0.3) is 11.1 Å². The molecule has 0 aliphatic carbocycles. The van der Waals surface area contributed by atoms with Crippen LogP contribution in [0.25, 0.3) is 11.1 Å². The largest absolute Gasteiger partial charge is 0.449 e. The second-order valence-corrected chi connectivity index (χ2v) is 6.76. The number of rotatable bonds is 7. The van der Waals surface area contributed by atoms with Crippen LogP contribution in [0.3, 0.4) is 0 Å². The van der Waals surface area contributed by atoms with Crippen molar-refractivity contribution in [2.45, 2.75) is 30.9 Å². The first-order valence-corrected chi connectivity index (χ1v) is 9.62. The number of ether oxygens (including phenoxy) is 1. The average Bonchev–Trinajstić information content (AvgIpc) is 3.09. The van der Waals surface area contributed by atoms with Crippen molar-refractivity contribution in [1.29, 1.82) is 0 Å². The van der Waals surface area contributed by atoms with E-state index in [0.717, 1.165) is 16.7 Å². The van der Waals surface area contributed by atoms with Crippen molar-refractivity contribution < 1.29 is 18.7 Å². The number of esters is 1. The van der Waals surface area contributed by atoms with Gasteiger partial charge in [0.15, 0.2) is 11.7 Å². The van der Waals surface area contributed by atoms with Crippen LogP contribution in [0, 0.1) is 0 Å². The number of carbonyl (C=O) groups is 2. The van der Waals surface area contributed by atoms with Gasteiger partial charge in [0, 0.05) is 12.3 Å². The van der Waals surface area contributed by atoms with Crippen molar-refractivity contribution in [3.05, 3.63) is 59.7 Å². The van der Waals surface area contributed by atoms with Gasteiger partial charge in [-0.15, -0.1) is 0 Å². The quantitative estimate of drug-likeness (QED) is 0.493. The van der Waals surface area contributed by atoms with Crippen LogP contribution in [-0.2, 0) is 15.3 Å². The van der Waals surface area contributed by atoms with Gasteiger partial charge in [-0.1, -0.05) is 42.1 Å². The summed E-state index contributed by atoms with van der Waals surface area (Å²) in [5.41, 5.74) is 2.74. The van der Waals surface area contributed by atoms with E-state index in [0.29, 0.717) is 23.1 Å². The number of fused-ring (bicyclic) bond motifs is 1. The second-order valence-electron chi connectivity index (χ2n) is 5.84. The molecule has 2 aromatic carbocycles. The average molecular weight is 384 g/mol. The number of nitrogens with zero attached hydrogens (tertiary/aromatic N) is 1. The molecule has 0 aliphatic heterocycles. The van der Waals surface area contributed by atoms with E-state index in [-0.39, 0.29) is 5.91 Å². The summed E-state index contributed by atoms with van der Waals surface area (Å²) >= 11 is 1.40. The van der Waals surface area contributed by atoms with Gasteiger partial charge in [0.05, 0.1) is 5.56 Å². The van der Waals surface area contributed by atoms with Crippen LogP contribution >= 0.6 is 11.8 Å². The van der Waals surface area contributed by atoms with Crippen LogP contribution in [0.2, 0.25) is 0 Å². The third kappa shape index (κ3) is 4.68. The van der Waals surface area contributed by atoms with Crippen LogP contribution in [0.4, 0.5) is 0 Å². The van der Waals surface area contributed by atoms with Crippen LogP contribution in [0.15, 0.2) is 58.2 Å². The Labute approximate surface area is 161 Å². The lowest BCUT2D eigenvalue weighted by atomic mass is 10.1. The topological polar surface area (TPSA) is 81.4 Å². The fourth-order valence-corrected chi connectivity index (χ4v) is 3.34. The minimum atomic E-state index is -0.852. The summed E-state index contributed by atoms with van der Waals surface area (Å²) in [4.78, 5) is 28.7. The van der Waals surface area contributed by atoms with Crippen molar-refractivity contribution in [2.75, 3.05) is 6.54 Å². The molecule has 27 heavy (non-hydrogen) atoms. The van der Waals surface area contributed by atoms with Crippen LogP contribution < -0.4 is 5.32 Å². The monoisotopic (exact) mass is 384 g/mol. The highest BCUT2D eigenvalue weighted by molar-refractivity contribution is 7.98. The van der Waals surface area contributed by atoms with E-state index in [1.165, 1.54) is 11.8 Å². The zero-order valence-electron chi connectivity index (χ0n) is 15.1. The Balaban J connectivity index is 1.69. The van der Waals surface area contributed by atoms with Crippen LogP contribution in [0.5, 0.6) is 0 Å². The third-order valence-corrected chi connectivity index (χ3v) is 4.74. The van der Waals surface area contributed by atoms with Gasteiger partial charge >= 0.3 is 5.97 Å². The van der Waals surface area contributed by atoms with Gasteiger partial charge in [0.1, 0.15) is 5.52 Å². The number of carbonyl (C=O) groups excluding carboxylic acids is 2. The number of hydrogen-bond donors (Lipinski definition) is 1. The Morgan fingerprint density at radius 1 is 1.19 bits per heavy atom. The first-order valence-electron chi connectivity index (χ1n) is 8.63. The van der Waals surface area contributed by atoms with Gasteiger partial charge in [0.2, 0.25) is 0 Å².